The van der Waals surface area contributed by atoms with Gasteiger partial charge >= 0.3 is 0 Å². The van der Waals surface area contributed by atoms with E-state index < -0.39 is 0 Å². The van der Waals surface area contributed by atoms with Gasteiger partial charge in [0.2, 0.25) is 0 Å². The first kappa shape index (κ1) is 13.7. The summed E-state index contributed by atoms with van der Waals surface area (Å²) < 4.78 is 0.498. The number of H-pyrrole nitrogens is 1. The van der Waals surface area contributed by atoms with Gasteiger partial charge in [-0.15, -0.1) is 0 Å². The van der Waals surface area contributed by atoms with Gasteiger partial charge in [0, 0.05) is 17.9 Å². The first-order valence-corrected chi connectivity index (χ1v) is 7.05. The number of alkyl halides is 1. The van der Waals surface area contributed by atoms with Crippen molar-refractivity contribution in [1.29, 1.82) is 0 Å². The van der Waals surface area contributed by atoms with E-state index in [2.05, 4.69) is 60.6 Å². The second-order valence-corrected chi connectivity index (χ2v) is 5.28. The highest BCUT2D eigenvalue weighted by Crippen LogP contribution is 2.21. The quantitative estimate of drug-likeness (QED) is 0.828. The Labute approximate surface area is 112 Å². The minimum atomic E-state index is -0.144. The summed E-state index contributed by atoms with van der Waals surface area (Å²) in [4.78, 5) is 20.3. The molecule has 1 aromatic rings. The number of aromatic amines is 1. The van der Waals surface area contributed by atoms with Crippen LogP contribution in [0.4, 0.5) is 5.82 Å². The highest BCUT2D eigenvalue weighted by atomic mass is 79.9. The maximum Gasteiger partial charge on any atom is 0.267 e. The standard InChI is InChI=1S/C10H15Br2N3O/c1-7(2)15(5-3-4-11)9-8(12)10(16)14-6-13-9/h6-7H,3-5H2,1-2H3,(H,13,14,16). The second kappa shape index (κ2) is 6.39. The maximum atomic E-state index is 11.5. The molecule has 0 radical (unpaired) electrons. The molecule has 90 valence electrons. The molecule has 0 atom stereocenters. The van der Waals surface area contributed by atoms with E-state index >= 15 is 0 Å². The molecule has 0 aliphatic heterocycles. The van der Waals surface area contributed by atoms with Crippen molar-refractivity contribution in [2.75, 3.05) is 16.8 Å². The van der Waals surface area contributed by atoms with Crippen LogP contribution in [0.1, 0.15) is 20.3 Å². The van der Waals surface area contributed by atoms with E-state index in [1.807, 2.05) is 0 Å². The number of rotatable bonds is 5. The molecular weight excluding hydrogens is 338 g/mol. The van der Waals surface area contributed by atoms with Crippen LogP contribution in [0.15, 0.2) is 15.6 Å². The van der Waals surface area contributed by atoms with Crippen molar-refractivity contribution in [2.45, 2.75) is 26.3 Å². The minimum absolute atomic E-state index is 0.144. The largest absolute Gasteiger partial charge is 0.353 e. The van der Waals surface area contributed by atoms with Gasteiger partial charge in [0.05, 0.1) is 6.33 Å². The molecule has 0 aliphatic rings. The number of aromatic nitrogens is 2. The van der Waals surface area contributed by atoms with Crippen LogP contribution in [-0.4, -0.2) is 27.9 Å². The number of nitrogens with zero attached hydrogens (tertiary/aromatic N) is 2. The fraction of sp³-hybridized carbons (Fsp3) is 0.600. The fourth-order valence-corrected chi connectivity index (χ4v) is 2.11. The highest BCUT2D eigenvalue weighted by Gasteiger charge is 2.16. The third kappa shape index (κ3) is 3.31. The Morgan fingerprint density at radius 2 is 2.25 bits per heavy atom. The molecule has 0 saturated heterocycles. The van der Waals surface area contributed by atoms with Gasteiger partial charge in [-0.25, -0.2) is 4.98 Å². The third-order valence-corrected chi connectivity index (χ3v) is 3.48. The zero-order valence-electron chi connectivity index (χ0n) is 9.33. The van der Waals surface area contributed by atoms with Gasteiger partial charge in [-0.3, -0.25) is 4.79 Å². The van der Waals surface area contributed by atoms with Crippen molar-refractivity contribution in [1.82, 2.24) is 9.97 Å². The van der Waals surface area contributed by atoms with Gasteiger partial charge in [0.1, 0.15) is 4.47 Å². The van der Waals surface area contributed by atoms with Gasteiger partial charge in [-0.1, -0.05) is 15.9 Å². The zero-order chi connectivity index (χ0) is 12.1. The van der Waals surface area contributed by atoms with E-state index in [1.54, 1.807) is 0 Å². The number of halogens is 2. The van der Waals surface area contributed by atoms with Crippen molar-refractivity contribution in [3.05, 3.63) is 21.2 Å². The first-order chi connectivity index (χ1) is 7.57. The Kier molecular flexibility index (Phi) is 5.48. The van der Waals surface area contributed by atoms with Crippen LogP contribution in [-0.2, 0) is 0 Å². The second-order valence-electron chi connectivity index (χ2n) is 3.70. The molecule has 6 heteroatoms. The summed E-state index contributed by atoms with van der Waals surface area (Å²) in [5, 5.41) is 0.941. The predicted octanol–water partition coefficient (Wildman–Crippen LogP) is 2.53. The van der Waals surface area contributed by atoms with Crippen LogP contribution in [0.25, 0.3) is 0 Å². The van der Waals surface area contributed by atoms with Gasteiger partial charge in [-0.05, 0) is 36.2 Å². The molecule has 0 spiro atoms. The molecule has 1 aromatic heterocycles. The molecule has 0 saturated carbocycles. The topological polar surface area (TPSA) is 49.0 Å². The van der Waals surface area contributed by atoms with E-state index in [0.29, 0.717) is 16.3 Å². The van der Waals surface area contributed by atoms with Crippen LogP contribution in [0.2, 0.25) is 0 Å². The molecule has 0 unspecified atom stereocenters. The van der Waals surface area contributed by atoms with Gasteiger partial charge in [0.25, 0.3) is 5.56 Å². The normalized spacial score (nSPS) is 10.8. The smallest absolute Gasteiger partial charge is 0.267 e. The number of nitrogens with one attached hydrogen (secondary N) is 1. The van der Waals surface area contributed by atoms with E-state index in [4.69, 9.17) is 0 Å². The lowest BCUT2D eigenvalue weighted by Gasteiger charge is -2.28. The van der Waals surface area contributed by atoms with Crippen LogP contribution >= 0.6 is 31.9 Å². The van der Waals surface area contributed by atoms with Crippen molar-refractivity contribution in [3.63, 3.8) is 0 Å². The molecular formula is C10H15Br2N3O. The summed E-state index contributed by atoms with van der Waals surface area (Å²) in [6.45, 7) is 5.05. The Hall–Kier alpha value is -0.360. The average Bonchev–Trinajstić information content (AvgIpc) is 2.24. The lowest BCUT2D eigenvalue weighted by molar-refractivity contribution is 0.661. The number of hydrogen-bond acceptors (Lipinski definition) is 3. The fourth-order valence-electron chi connectivity index (χ4n) is 1.41. The Morgan fingerprint density at radius 1 is 1.56 bits per heavy atom. The summed E-state index contributed by atoms with van der Waals surface area (Å²) in [6, 6.07) is 0.310. The molecule has 0 amide bonds. The van der Waals surface area contributed by atoms with Crippen molar-refractivity contribution in [2.24, 2.45) is 0 Å². The van der Waals surface area contributed by atoms with Crippen LogP contribution in [0, 0.1) is 0 Å². The predicted molar refractivity (Wildman–Crippen MR) is 73.5 cm³/mol. The Balaban J connectivity index is 3.01. The SMILES string of the molecule is CC(C)N(CCCBr)c1nc[nH]c(=O)c1Br. The van der Waals surface area contributed by atoms with Crippen LogP contribution in [0.3, 0.4) is 0 Å². The molecule has 0 bridgehead atoms. The molecule has 16 heavy (non-hydrogen) atoms. The Bertz CT molecular complexity index is 392. The molecule has 1 rings (SSSR count). The summed E-state index contributed by atoms with van der Waals surface area (Å²) in [5.74, 6) is 0.708. The maximum absolute atomic E-state index is 11.5. The molecule has 0 fully saturated rings. The molecule has 0 aromatic carbocycles. The highest BCUT2D eigenvalue weighted by molar-refractivity contribution is 9.10. The third-order valence-electron chi connectivity index (χ3n) is 2.21. The van der Waals surface area contributed by atoms with Crippen molar-refractivity contribution < 1.29 is 0 Å². The summed E-state index contributed by atoms with van der Waals surface area (Å²) in [5.41, 5.74) is -0.144. The van der Waals surface area contributed by atoms with Crippen molar-refractivity contribution in [3.8, 4) is 0 Å². The number of hydrogen-bond donors (Lipinski definition) is 1. The zero-order valence-corrected chi connectivity index (χ0v) is 12.5. The summed E-state index contributed by atoms with van der Waals surface area (Å²) in [6.07, 6.45) is 2.45. The minimum Gasteiger partial charge on any atom is -0.353 e. The molecule has 0 aliphatic carbocycles. The number of anilines is 1. The summed E-state index contributed by atoms with van der Waals surface area (Å²) in [7, 11) is 0. The van der Waals surface area contributed by atoms with Gasteiger partial charge < -0.3 is 9.88 Å². The lowest BCUT2D eigenvalue weighted by atomic mass is 10.3. The van der Waals surface area contributed by atoms with Gasteiger partial charge in [-0.2, -0.15) is 0 Å². The van der Waals surface area contributed by atoms with E-state index in [1.165, 1.54) is 6.33 Å². The van der Waals surface area contributed by atoms with E-state index in [9.17, 15) is 4.79 Å². The molecule has 1 N–H and O–H groups in total. The van der Waals surface area contributed by atoms with E-state index in [-0.39, 0.29) is 5.56 Å². The van der Waals surface area contributed by atoms with Crippen LogP contribution < -0.4 is 10.5 Å². The lowest BCUT2D eigenvalue weighted by Crippen LogP contribution is -2.34. The van der Waals surface area contributed by atoms with Gasteiger partial charge in [0.15, 0.2) is 5.82 Å². The summed E-state index contributed by atoms with van der Waals surface area (Å²) >= 11 is 6.69. The molecule has 1 heterocycles. The first-order valence-electron chi connectivity index (χ1n) is 5.13. The molecule has 4 nitrogen and oxygen atoms in total. The van der Waals surface area contributed by atoms with Crippen LogP contribution in [0.5, 0.6) is 0 Å². The Morgan fingerprint density at radius 3 is 2.81 bits per heavy atom. The van der Waals surface area contributed by atoms with Crippen molar-refractivity contribution >= 4 is 37.7 Å². The monoisotopic (exact) mass is 351 g/mol. The van der Waals surface area contributed by atoms with E-state index in [0.717, 1.165) is 18.3 Å². The average molecular weight is 353 g/mol.